The molecule has 2 rings (SSSR count). The molecule has 2 N–H and O–H groups in total. The molecular weight excluding hydrogens is 240 g/mol. The third-order valence-corrected chi connectivity index (χ3v) is 4.96. The van der Waals surface area contributed by atoms with Crippen molar-refractivity contribution in [1.82, 2.24) is 4.90 Å². The lowest BCUT2D eigenvalue weighted by Gasteiger charge is -2.31. The Morgan fingerprint density at radius 1 is 1.22 bits per heavy atom. The summed E-state index contributed by atoms with van der Waals surface area (Å²) in [5.74, 6) is 0. The minimum atomic E-state index is 0.784. The maximum absolute atomic E-state index is 5.60. The van der Waals surface area contributed by atoms with Gasteiger partial charge < -0.3 is 10.6 Å². The lowest BCUT2D eigenvalue weighted by Crippen LogP contribution is -2.37. The van der Waals surface area contributed by atoms with Crippen LogP contribution in [-0.2, 0) is 6.42 Å². The zero-order valence-electron chi connectivity index (χ0n) is 11.3. The third-order valence-electron chi connectivity index (χ3n) is 3.61. The lowest BCUT2D eigenvalue weighted by molar-refractivity contribution is 0.239. The van der Waals surface area contributed by atoms with Crippen LogP contribution in [0.5, 0.6) is 0 Å². The van der Waals surface area contributed by atoms with E-state index in [0.717, 1.165) is 24.8 Å². The van der Waals surface area contributed by atoms with Gasteiger partial charge in [-0.25, -0.2) is 0 Å². The molecule has 1 aliphatic rings. The summed E-state index contributed by atoms with van der Waals surface area (Å²) in [4.78, 5) is 3.90. The van der Waals surface area contributed by atoms with Crippen molar-refractivity contribution in [3.8, 4) is 0 Å². The van der Waals surface area contributed by atoms with Crippen molar-refractivity contribution in [3.05, 3.63) is 29.8 Å². The first kappa shape index (κ1) is 13.9. The Balaban J connectivity index is 1.80. The molecule has 0 radical (unpaired) electrons. The maximum Gasteiger partial charge on any atom is 0.0119 e. The molecule has 1 aliphatic heterocycles. The third kappa shape index (κ3) is 4.01. The summed E-state index contributed by atoms with van der Waals surface area (Å²) in [6.45, 7) is 6.47. The van der Waals surface area contributed by atoms with Gasteiger partial charge >= 0.3 is 0 Å². The highest BCUT2D eigenvalue weighted by molar-refractivity contribution is 8.00. The van der Waals surface area contributed by atoms with Gasteiger partial charge in [0.15, 0.2) is 0 Å². The predicted molar refractivity (Wildman–Crippen MR) is 80.2 cm³/mol. The molecule has 0 amide bonds. The summed E-state index contributed by atoms with van der Waals surface area (Å²) in [7, 11) is 0. The van der Waals surface area contributed by atoms with E-state index in [2.05, 4.69) is 36.1 Å². The number of rotatable bonds is 5. The molecule has 2 nitrogen and oxygen atoms in total. The van der Waals surface area contributed by atoms with Crippen LogP contribution in [0.25, 0.3) is 0 Å². The minimum absolute atomic E-state index is 0.784. The van der Waals surface area contributed by atoms with E-state index in [1.54, 1.807) is 0 Å². The smallest absolute Gasteiger partial charge is 0.0119 e. The van der Waals surface area contributed by atoms with Gasteiger partial charge in [0.25, 0.3) is 0 Å². The maximum atomic E-state index is 5.60. The number of thioether (sulfide) groups is 1. The molecule has 0 spiro atoms. The Bertz CT molecular complexity index is 342. The van der Waals surface area contributed by atoms with Crippen LogP contribution in [0.1, 0.15) is 25.3 Å². The molecule has 0 saturated carbocycles. The van der Waals surface area contributed by atoms with Gasteiger partial charge in [-0.15, -0.1) is 11.8 Å². The van der Waals surface area contributed by atoms with Gasteiger partial charge in [-0.3, -0.25) is 0 Å². The van der Waals surface area contributed by atoms with Crippen molar-refractivity contribution in [3.63, 3.8) is 0 Å². The highest BCUT2D eigenvalue weighted by Gasteiger charge is 2.19. The first-order valence-corrected chi connectivity index (χ1v) is 7.87. The highest BCUT2D eigenvalue weighted by Crippen LogP contribution is 2.30. The van der Waals surface area contributed by atoms with Gasteiger partial charge in [-0.2, -0.15) is 0 Å². The number of hydrogen-bond acceptors (Lipinski definition) is 3. The normalized spacial score (nSPS) is 18.1. The van der Waals surface area contributed by atoms with E-state index >= 15 is 0 Å². The summed E-state index contributed by atoms with van der Waals surface area (Å²) >= 11 is 2.05. The molecule has 1 aromatic carbocycles. The Hall–Kier alpha value is -0.510. The zero-order chi connectivity index (χ0) is 12.8. The Labute approximate surface area is 115 Å². The SMILES string of the molecule is CCc1ccc(SC2CCN(CCN)CC2)cc1. The van der Waals surface area contributed by atoms with E-state index in [-0.39, 0.29) is 0 Å². The molecule has 0 aliphatic carbocycles. The van der Waals surface area contributed by atoms with E-state index in [0.29, 0.717) is 0 Å². The fourth-order valence-electron chi connectivity index (χ4n) is 2.43. The van der Waals surface area contributed by atoms with Crippen molar-refractivity contribution in [2.45, 2.75) is 36.3 Å². The average Bonchev–Trinajstić information content (AvgIpc) is 2.42. The Morgan fingerprint density at radius 3 is 2.44 bits per heavy atom. The topological polar surface area (TPSA) is 29.3 Å². The fourth-order valence-corrected chi connectivity index (χ4v) is 3.55. The standard InChI is InChI=1S/C15H24N2S/c1-2-13-3-5-14(6-4-13)18-15-7-10-17(11-8-15)12-9-16/h3-6,15H,2,7-12,16H2,1H3. The summed E-state index contributed by atoms with van der Waals surface area (Å²) < 4.78 is 0. The molecule has 0 unspecified atom stereocenters. The summed E-state index contributed by atoms with van der Waals surface area (Å²) in [6.07, 6.45) is 3.71. The summed E-state index contributed by atoms with van der Waals surface area (Å²) in [6, 6.07) is 9.06. The lowest BCUT2D eigenvalue weighted by atomic mass is 10.1. The van der Waals surface area contributed by atoms with E-state index in [1.807, 2.05) is 11.8 Å². The van der Waals surface area contributed by atoms with E-state index in [9.17, 15) is 0 Å². The number of piperidine rings is 1. The quantitative estimate of drug-likeness (QED) is 0.886. The first-order chi connectivity index (χ1) is 8.81. The molecule has 0 atom stereocenters. The molecule has 3 heteroatoms. The predicted octanol–water partition coefficient (Wildman–Crippen LogP) is 2.76. The molecule has 1 saturated heterocycles. The monoisotopic (exact) mass is 264 g/mol. The van der Waals surface area contributed by atoms with Crippen LogP contribution in [0.15, 0.2) is 29.2 Å². The molecule has 0 bridgehead atoms. The fraction of sp³-hybridized carbons (Fsp3) is 0.600. The second-order valence-electron chi connectivity index (χ2n) is 4.95. The second kappa shape index (κ2) is 7.17. The molecule has 0 aromatic heterocycles. The highest BCUT2D eigenvalue weighted by atomic mass is 32.2. The van der Waals surface area contributed by atoms with E-state index in [1.165, 1.54) is 36.4 Å². The number of nitrogens with zero attached hydrogens (tertiary/aromatic N) is 1. The number of benzene rings is 1. The molecular formula is C15H24N2S. The van der Waals surface area contributed by atoms with Crippen LogP contribution in [0, 0.1) is 0 Å². The van der Waals surface area contributed by atoms with Crippen LogP contribution < -0.4 is 5.73 Å². The number of likely N-dealkylation sites (tertiary alicyclic amines) is 1. The summed E-state index contributed by atoms with van der Waals surface area (Å²) in [5.41, 5.74) is 7.03. The van der Waals surface area contributed by atoms with E-state index in [4.69, 9.17) is 5.73 Å². The van der Waals surface area contributed by atoms with Gasteiger partial charge in [0, 0.05) is 23.2 Å². The Morgan fingerprint density at radius 2 is 1.89 bits per heavy atom. The van der Waals surface area contributed by atoms with Crippen molar-refractivity contribution >= 4 is 11.8 Å². The van der Waals surface area contributed by atoms with Crippen molar-refractivity contribution in [1.29, 1.82) is 0 Å². The second-order valence-corrected chi connectivity index (χ2v) is 6.32. The van der Waals surface area contributed by atoms with Gasteiger partial charge in [-0.05, 0) is 50.0 Å². The van der Waals surface area contributed by atoms with Crippen molar-refractivity contribution in [2.75, 3.05) is 26.2 Å². The number of hydrogen-bond donors (Lipinski definition) is 1. The zero-order valence-corrected chi connectivity index (χ0v) is 12.1. The number of nitrogens with two attached hydrogens (primary N) is 1. The molecule has 1 aromatic rings. The largest absolute Gasteiger partial charge is 0.329 e. The molecule has 1 fully saturated rings. The van der Waals surface area contributed by atoms with Gasteiger partial charge in [-0.1, -0.05) is 19.1 Å². The Kier molecular flexibility index (Phi) is 5.54. The molecule has 1 heterocycles. The van der Waals surface area contributed by atoms with Gasteiger partial charge in [0.05, 0.1) is 0 Å². The average molecular weight is 264 g/mol. The van der Waals surface area contributed by atoms with Crippen LogP contribution in [0.3, 0.4) is 0 Å². The summed E-state index contributed by atoms with van der Waals surface area (Å²) in [5, 5.41) is 0.784. The molecule has 18 heavy (non-hydrogen) atoms. The van der Waals surface area contributed by atoms with Crippen LogP contribution in [-0.4, -0.2) is 36.3 Å². The van der Waals surface area contributed by atoms with Crippen molar-refractivity contribution in [2.24, 2.45) is 5.73 Å². The first-order valence-electron chi connectivity index (χ1n) is 7.00. The molecule has 100 valence electrons. The number of aryl methyl sites for hydroxylation is 1. The minimum Gasteiger partial charge on any atom is -0.329 e. The van der Waals surface area contributed by atoms with Gasteiger partial charge in [0.1, 0.15) is 0 Å². The van der Waals surface area contributed by atoms with Crippen LogP contribution >= 0.6 is 11.8 Å². The van der Waals surface area contributed by atoms with Gasteiger partial charge in [0.2, 0.25) is 0 Å². The van der Waals surface area contributed by atoms with Crippen LogP contribution in [0.2, 0.25) is 0 Å². The van der Waals surface area contributed by atoms with Crippen molar-refractivity contribution < 1.29 is 0 Å². The van der Waals surface area contributed by atoms with E-state index < -0.39 is 0 Å². The van der Waals surface area contributed by atoms with Crippen LogP contribution in [0.4, 0.5) is 0 Å².